The zero-order chi connectivity index (χ0) is 18.7. The summed E-state index contributed by atoms with van der Waals surface area (Å²) in [4.78, 5) is 14.3. The number of benzene rings is 1. The second kappa shape index (κ2) is 7.30. The number of carboxylic acids is 1. The number of hydrogen-bond acceptors (Lipinski definition) is 4. The molecule has 1 fully saturated rings. The lowest BCUT2D eigenvalue weighted by Crippen LogP contribution is -2.51. The van der Waals surface area contributed by atoms with Gasteiger partial charge in [-0.15, -0.1) is 0 Å². The molecule has 1 N–H and O–H groups in total. The second-order valence-electron chi connectivity index (χ2n) is 7.26. The molecule has 0 saturated carbocycles. The fourth-order valence-electron chi connectivity index (χ4n) is 3.45. The van der Waals surface area contributed by atoms with E-state index >= 15 is 0 Å². The smallest absolute Gasteiger partial charge is 0.331 e. The van der Waals surface area contributed by atoms with Gasteiger partial charge in [-0.05, 0) is 42.5 Å². The van der Waals surface area contributed by atoms with E-state index in [1.54, 1.807) is 10.9 Å². The average molecular weight is 352 g/mol. The number of likely N-dealkylation sites (tertiary alicyclic amines) is 1. The number of hydrogen-bond donors (Lipinski definition) is 1. The SMILES string of the molecule is CC(C)c1ccn(C2(C(=O)O)CCN(Cc3ccc(C#N)cc3)CC2)n1. The summed E-state index contributed by atoms with van der Waals surface area (Å²) in [6.45, 7) is 6.27. The minimum Gasteiger partial charge on any atom is -0.479 e. The molecule has 3 rings (SSSR count). The van der Waals surface area contributed by atoms with Crippen molar-refractivity contribution in [2.75, 3.05) is 13.1 Å². The number of nitrogens with zero attached hydrogens (tertiary/aromatic N) is 4. The van der Waals surface area contributed by atoms with E-state index in [1.165, 1.54) is 0 Å². The van der Waals surface area contributed by atoms with E-state index in [0.29, 0.717) is 31.5 Å². The molecular formula is C20H24N4O2. The maximum atomic E-state index is 12.1. The Kier molecular flexibility index (Phi) is 5.10. The van der Waals surface area contributed by atoms with Crippen LogP contribution in [0.1, 0.15) is 49.4 Å². The van der Waals surface area contributed by atoms with E-state index in [4.69, 9.17) is 5.26 Å². The summed E-state index contributed by atoms with van der Waals surface area (Å²) in [6, 6.07) is 11.6. The highest BCUT2D eigenvalue weighted by molar-refractivity contribution is 5.76. The zero-order valence-corrected chi connectivity index (χ0v) is 15.2. The first kappa shape index (κ1) is 18.2. The van der Waals surface area contributed by atoms with Gasteiger partial charge < -0.3 is 5.11 Å². The predicted molar refractivity (Wildman–Crippen MR) is 97.6 cm³/mol. The number of carboxylic acid groups (broad SMARTS) is 1. The van der Waals surface area contributed by atoms with Crippen LogP contribution in [0.3, 0.4) is 0 Å². The van der Waals surface area contributed by atoms with Gasteiger partial charge in [0.05, 0.1) is 17.3 Å². The Morgan fingerprint density at radius 3 is 2.42 bits per heavy atom. The molecule has 0 unspecified atom stereocenters. The molecule has 6 nitrogen and oxygen atoms in total. The van der Waals surface area contributed by atoms with Gasteiger partial charge in [0, 0.05) is 25.8 Å². The summed E-state index contributed by atoms with van der Waals surface area (Å²) in [6.07, 6.45) is 2.86. The normalized spacial score (nSPS) is 17.2. The van der Waals surface area contributed by atoms with E-state index < -0.39 is 11.5 Å². The van der Waals surface area contributed by atoms with Crippen molar-refractivity contribution in [3.63, 3.8) is 0 Å². The van der Waals surface area contributed by atoms with Crippen molar-refractivity contribution in [3.8, 4) is 6.07 Å². The van der Waals surface area contributed by atoms with Gasteiger partial charge >= 0.3 is 5.97 Å². The van der Waals surface area contributed by atoms with E-state index in [9.17, 15) is 9.90 Å². The molecule has 1 aromatic carbocycles. The first-order valence-electron chi connectivity index (χ1n) is 8.95. The number of aromatic nitrogens is 2. The first-order valence-corrected chi connectivity index (χ1v) is 8.95. The number of rotatable bonds is 5. The molecule has 6 heteroatoms. The van der Waals surface area contributed by atoms with Gasteiger partial charge in [-0.3, -0.25) is 9.58 Å². The highest BCUT2D eigenvalue weighted by atomic mass is 16.4. The third-order valence-corrected chi connectivity index (χ3v) is 5.21. The van der Waals surface area contributed by atoms with Crippen LogP contribution in [0, 0.1) is 11.3 Å². The summed E-state index contributed by atoms with van der Waals surface area (Å²) in [5.41, 5.74) is 1.74. The molecule has 0 amide bonds. The molecule has 2 aromatic rings. The summed E-state index contributed by atoms with van der Waals surface area (Å²) in [5.74, 6) is -0.535. The molecule has 1 saturated heterocycles. The molecule has 1 aliphatic heterocycles. The Morgan fingerprint density at radius 1 is 1.27 bits per heavy atom. The molecule has 1 aliphatic rings. The number of aliphatic carboxylic acids is 1. The van der Waals surface area contributed by atoms with Gasteiger partial charge in [0.1, 0.15) is 0 Å². The van der Waals surface area contributed by atoms with Crippen LogP contribution in [-0.4, -0.2) is 38.8 Å². The standard InChI is InChI=1S/C20H24N4O2/c1-15(2)18-7-10-24(22-18)20(19(25)26)8-11-23(12-9-20)14-17-5-3-16(13-21)4-6-17/h3-7,10,15H,8-9,11-12,14H2,1-2H3,(H,25,26). The quantitative estimate of drug-likeness (QED) is 0.894. The van der Waals surface area contributed by atoms with Crippen LogP contribution in [-0.2, 0) is 16.9 Å². The first-order chi connectivity index (χ1) is 12.4. The largest absolute Gasteiger partial charge is 0.479 e. The van der Waals surface area contributed by atoms with Crippen LogP contribution in [0.15, 0.2) is 36.5 Å². The lowest BCUT2D eigenvalue weighted by atomic mass is 9.87. The Balaban J connectivity index is 1.70. The van der Waals surface area contributed by atoms with Crippen LogP contribution < -0.4 is 0 Å². The third-order valence-electron chi connectivity index (χ3n) is 5.21. The van der Waals surface area contributed by atoms with Crippen molar-refractivity contribution in [2.24, 2.45) is 0 Å². The van der Waals surface area contributed by atoms with Gasteiger partial charge in [0.25, 0.3) is 0 Å². The Morgan fingerprint density at radius 2 is 1.92 bits per heavy atom. The van der Waals surface area contributed by atoms with Gasteiger partial charge in [0.2, 0.25) is 0 Å². The maximum absolute atomic E-state index is 12.1. The number of nitriles is 1. The van der Waals surface area contributed by atoms with Crippen molar-refractivity contribution in [1.29, 1.82) is 5.26 Å². The fraction of sp³-hybridized carbons (Fsp3) is 0.450. The second-order valence-corrected chi connectivity index (χ2v) is 7.26. The van der Waals surface area contributed by atoms with Crippen LogP contribution in [0.2, 0.25) is 0 Å². The molecule has 2 heterocycles. The van der Waals surface area contributed by atoms with Gasteiger partial charge in [-0.25, -0.2) is 4.79 Å². The lowest BCUT2D eigenvalue weighted by molar-refractivity contribution is -0.151. The molecule has 0 bridgehead atoms. The average Bonchev–Trinajstić information content (AvgIpc) is 3.14. The van der Waals surface area contributed by atoms with E-state index in [0.717, 1.165) is 17.8 Å². The number of piperidine rings is 1. The highest BCUT2D eigenvalue weighted by Gasteiger charge is 2.44. The third kappa shape index (κ3) is 3.49. The van der Waals surface area contributed by atoms with Crippen molar-refractivity contribution in [1.82, 2.24) is 14.7 Å². The van der Waals surface area contributed by atoms with Crippen molar-refractivity contribution < 1.29 is 9.90 Å². The van der Waals surface area contributed by atoms with E-state index in [-0.39, 0.29) is 5.92 Å². The van der Waals surface area contributed by atoms with Crippen LogP contribution in [0.5, 0.6) is 0 Å². The van der Waals surface area contributed by atoms with Gasteiger partial charge in [0.15, 0.2) is 5.54 Å². The van der Waals surface area contributed by atoms with Gasteiger partial charge in [-0.2, -0.15) is 10.4 Å². The molecule has 26 heavy (non-hydrogen) atoms. The molecule has 0 radical (unpaired) electrons. The van der Waals surface area contributed by atoms with Crippen molar-refractivity contribution >= 4 is 5.97 Å². The van der Waals surface area contributed by atoms with E-state index in [2.05, 4.69) is 29.9 Å². The molecule has 0 spiro atoms. The molecule has 1 aromatic heterocycles. The highest BCUT2D eigenvalue weighted by Crippen LogP contribution is 2.31. The Labute approximate surface area is 153 Å². The van der Waals surface area contributed by atoms with Crippen LogP contribution >= 0.6 is 0 Å². The predicted octanol–water partition coefficient (Wildman–Crippen LogP) is 2.95. The van der Waals surface area contributed by atoms with Crippen molar-refractivity contribution in [3.05, 3.63) is 53.3 Å². The zero-order valence-electron chi connectivity index (χ0n) is 15.2. The van der Waals surface area contributed by atoms with E-state index in [1.807, 2.05) is 30.3 Å². The van der Waals surface area contributed by atoms with Crippen LogP contribution in [0.4, 0.5) is 0 Å². The Hall–Kier alpha value is -2.65. The topological polar surface area (TPSA) is 82.2 Å². The maximum Gasteiger partial charge on any atom is 0.331 e. The minimum absolute atomic E-state index is 0.276. The summed E-state index contributed by atoms with van der Waals surface area (Å²) in [7, 11) is 0. The minimum atomic E-state index is -0.964. The Bertz CT molecular complexity index is 809. The van der Waals surface area contributed by atoms with Crippen LogP contribution in [0.25, 0.3) is 0 Å². The summed E-state index contributed by atoms with van der Waals surface area (Å²) in [5, 5.41) is 23.3. The molecule has 136 valence electrons. The number of carbonyl (C=O) groups is 1. The van der Waals surface area contributed by atoms with Gasteiger partial charge in [-0.1, -0.05) is 26.0 Å². The van der Waals surface area contributed by atoms with Crippen molar-refractivity contribution in [2.45, 2.75) is 44.7 Å². The summed E-state index contributed by atoms with van der Waals surface area (Å²) < 4.78 is 1.66. The monoisotopic (exact) mass is 352 g/mol. The molecular weight excluding hydrogens is 328 g/mol. The lowest BCUT2D eigenvalue weighted by Gasteiger charge is -2.39. The summed E-state index contributed by atoms with van der Waals surface area (Å²) >= 11 is 0. The molecule has 0 aliphatic carbocycles. The molecule has 0 atom stereocenters. The fourth-order valence-corrected chi connectivity index (χ4v) is 3.45.